The number of hydrogen-bond donors (Lipinski definition) is 2. The highest BCUT2D eigenvalue weighted by atomic mass is 35.5. The van der Waals surface area contributed by atoms with E-state index in [0.717, 1.165) is 28.0 Å². The molecule has 4 aromatic rings. The number of nitrogens with zero attached hydrogens (tertiary/aromatic N) is 4. The predicted octanol–water partition coefficient (Wildman–Crippen LogP) is 6.06. The van der Waals surface area contributed by atoms with E-state index in [2.05, 4.69) is 20.3 Å². The first-order chi connectivity index (χ1) is 18.6. The number of methoxy groups -OCH3 is 1. The van der Waals surface area contributed by atoms with Crippen LogP contribution in [0.5, 0.6) is 5.75 Å². The minimum atomic E-state index is -4.29. The first-order valence-corrected chi connectivity index (χ1v) is 13.5. The van der Waals surface area contributed by atoms with Crippen molar-refractivity contribution in [1.29, 1.82) is 0 Å². The molecule has 5 rings (SSSR count). The lowest BCUT2D eigenvalue weighted by atomic mass is 10.1. The molecule has 13 heteroatoms. The first kappa shape index (κ1) is 30.3. The van der Waals surface area contributed by atoms with Crippen molar-refractivity contribution >= 4 is 51.4 Å². The minimum absolute atomic E-state index is 0. The van der Waals surface area contributed by atoms with Crippen LogP contribution >= 0.6 is 35.3 Å². The quantitative estimate of drug-likeness (QED) is 0.234. The lowest BCUT2D eigenvalue weighted by molar-refractivity contribution is -0.126. The number of nitrogens with one attached hydrogen (secondary N) is 1. The summed E-state index contributed by atoms with van der Waals surface area (Å²) in [6, 6.07) is 11.3. The molecule has 2 N–H and O–H groups in total. The Labute approximate surface area is 244 Å². The van der Waals surface area contributed by atoms with E-state index in [1.54, 1.807) is 13.3 Å². The number of halogens is 5. The second-order valence-corrected chi connectivity index (χ2v) is 11.1. The van der Waals surface area contributed by atoms with Crippen LogP contribution < -0.4 is 15.0 Å². The number of fused-ring (bicyclic) bond motifs is 1. The van der Waals surface area contributed by atoms with Gasteiger partial charge < -0.3 is 20.1 Å². The molecule has 1 aromatic carbocycles. The van der Waals surface area contributed by atoms with Gasteiger partial charge in [-0.15, -0.1) is 23.7 Å². The number of aliphatic hydroxyl groups is 1. The zero-order valence-corrected chi connectivity index (χ0v) is 24.0. The topological polar surface area (TPSA) is 83.4 Å². The van der Waals surface area contributed by atoms with Gasteiger partial charge >= 0.3 is 6.18 Å². The van der Waals surface area contributed by atoms with Gasteiger partial charge in [0.2, 0.25) is 0 Å². The normalized spacial score (nSPS) is 19.0. The SMILES string of the molecule is COc1cc(-c2ccc(CN[C@H]3C[C@@H](O)[C@@H](N(C)c4ncnc5sc(CC(F)(F)F)cc45)C3)cc2)cnc1Cl.Cl. The fourth-order valence-corrected chi connectivity index (χ4v) is 6.20. The third-order valence-corrected chi connectivity index (χ3v) is 8.30. The Balaban J connectivity index is 0.00000370. The molecule has 3 heterocycles. The molecule has 3 aromatic heterocycles. The molecule has 0 radical (unpaired) electrons. The van der Waals surface area contributed by atoms with Crippen LogP contribution in [-0.4, -0.2) is 58.6 Å². The van der Waals surface area contributed by atoms with Crippen LogP contribution in [0.2, 0.25) is 5.15 Å². The summed E-state index contributed by atoms with van der Waals surface area (Å²) >= 11 is 7.05. The van der Waals surface area contributed by atoms with E-state index in [9.17, 15) is 18.3 Å². The molecule has 1 aliphatic carbocycles. The fraction of sp³-hybridized carbons (Fsp3) is 0.370. The molecule has 0 saturated heterocycles. The maximum Gasteiger partial charge on any atom is 0.393 e. The van der Waals surface area contributed by atoms with Crippen LogP contribution in [0, 0.1) is 0 Å². The second-order valence-electron chi connectivity index (χ2n) is 9.63. The van der Waals surface area contributed by atoms with Gasteiger partial charge in [-0.25, -0.2) is 15.0 Å². The van der Waals surface area contributed by atoms with Crippen LogP contribution in [0.4, 0.5) is 19.0 Å². The first-order valence-electron chi connectivity index (χ1n) is 12.3. The van der Waals surface area contributed by atoms with Gasteiger partial charge in [0.15, 0.2) is 10.9 Å². The number of hydrogen-bond acceptors (Lipinski definition) is 8. The van der Waals surface area contributed by atoms with E-state index in [1.165, 1.54) is 12.4 Å². The number of alkyl halides is 3. The average Bonchev–Trinajstić information content (AvgIpc) is 3.48. The number of ether oxygens (including phenoxy) is 1. The molecule has 1 saturated carbocycles. The Morgan fingerprint density at radius 3 is 2.58 bits per heavy atom. The summed E-state index contributed by atoms with van der Waals surface area (Å²) in [5.41, 5.74) is 2.98. The van der Waals surface area contributed by atoms with E-state index in [1.807, 2.05) is 42.3 Å². The number of aromatic nitrogens is 3. The van der Waals surface area contributed by atoms with Crippen molar-refractivity contribution < 1.29 is 23.0 Å². The summed E-state index contributed by atoms with van der Waals surface area (Å²) in [6.45, 7) is 0.624. The molecule has 0 aliphatic heterocycles. The highest BCUT2D eigenvalue weighted by molar-refractivity contribution is 7.18. The van der Waals surface area contributed by atoms with E-state index in [0.29, 0.717) is 46.3 Å². The van der Waals surface area contributed by atoms with Crippen LogP contribution in [0.3, 0.4) is 0 Å². The van der Waals surface area contributed by atoms with Gasteiger partial charge in [0.1, 0.15) is 17.0 Å². The highest BCUT2D eigenvalue weighted by Crippen LogP contribution is 2.36. The van der Waals surface area contributed by atoms with Crippen molar-refractivity contribution in [1.82, 2.24) is 20.3 Å². The number of anilines is 1. The molecule has 1 aliphatic rings. The highest BCUT2D eigenvalue weighted by Gasteiger charge is 2.37. The molecule has 0 spiro atoms. The van der Waals surface area contributed by atoms with Gasteiger partial charge in [-0.3, -0.25) is 0 Å². The van der Waals surface area contributed by atoms with Gasteiger partial charge in [-0.05, 0) is 36.1 Å². The van der Waals surface area contributed by atoms with Crippen LogP contribution in [0.15, 0.2) is 48.9 Å². The van der Waals surface area contributed by atoms with Crippen LogP contribution in [0.1, 0.15) is 23.3 Å². The molecule has 0 unspecified atom stereocenters. The van der Waals surface area contributed by atoms with E-state index < -0.39 is 18.7 Å². The minimum Gasteiger partial charge on any atom is -0.494 e. The summed E-state index contributed by atoms with van der Waals surface area (Å²) < 4.78 is 44.0. The largest absolute Gasteiger partial charge is 0.494 e. The molecular formula is C27H28Cl2F3N5O2S. The average molecular weight is 615 g/mol. The van der Waals surface area contributed by atoms with Crippen LogP contribution in [0.25, 0.3) is 21.3 Å². The number of pyridine rings is 1. The standard InChI is InChI=1S/C27H27ClF3N5O2S.ClH/c1-36(25-20-10-19(11-27(29,30)31)39-26(20)35-14-34-25)21-8-18(9-22(21)37)32-12-15-3-5-16(6-4-15)17-7-23(38-2)24(28)33-13-17;/h3-7,10,13-14,18,21-22,32,37H,8-9,11-12H2,1-2H3;1H/t18-,21+,22-;/m1./s1. The smallest absolute Gasteiger partial charge is 0.393 e. The summed E-state index contributed by atoms with van der Waals surface area (Å²) in [5, 5.41) is 15.3. The zero-order valence-electron chi connectivity index (χ0n) is 21.7. The van der Waals surface area contributed by atoms with Gasteiger partial charge in [-0.2, -0.15) is 13.2 Å². The van der Waals surface area contributed by atoms with Crippen molar-refractivity contribution in [2.24, 2.45) is 0 Å². The lowest BCUT2D eigenvalue weighted by Gasteiger charge is -2.28. The van der Waals surface area contributed by atoms with Gasteiger partial charge in [0.05, 0.1) is 31.1 Å². The van der Waals surface area contributed by atoms with Crippen molar-refractivity contribution in [2.45, 2.75) is 50.2 Å². The Morgan fingerprint density at radius 2 is 1.88 bits per heavy atom. The van der Waals surface area contributed by atoms with E-state index in [4.69, 9.17) is 16.3 Å². The van der Waals surface area contributed by atoms with Crippen molar-refractivity contribution in [3.8, 4) is 16.9 Å². The fourth-order valence-electron chi connectivity index (χ4n) is 5.00. The summed E-state index contributed by atoms with van der Waals surface area (Å²) in [6.07, 6.45) is -1.62. The Morgan fingerprint density at radius 1 is 1.12 bits per heavy atom. The number of benzene rings is 1. The summed E-state index contributed by atoms with van der Waals surface area (Å²) in [7, 11) is 3.37. The summed E-state index contributed by atoms with van der Waals surface area (Å²) in [4.78, 5) is 15.2. The Kier molecular flexibility index (Phi) is 9.41. The van der Waals surface area contributed by atoms with Gasteiger partial charge in [-0.1, -0.05) is 35.9 Å². The lowest BCUT2D eigenvalue weighted by Crippen LogP contribution is -2.38. The maximum atomic E-state index is 12.9. The van der Waals surface area contributed by atoms with Crippen molar-refractivity contribution in [2.75, 3.05) is 19.1 Å². The molecule has 40 heavy (non-hydrogen) atoms. The van der Waals surface area contributed by atoms with Crippen molar-refractivity contribution in [3.05, 3.63) is 64.5 Å². The molecule has 0 bridgehead atoms. The van der Waals surface area contributed by atoms with E-state index in [-0.39, 0.29) is 29.4 Å². The molecule has 214 valence electrons. The van der Waals surface area contributed by atoms with Crippen LogP contribution in [-0.2, 0) is 13.0 Å². The zero-order chi connectivity index (χ0) is 27.7. The number of aliphatic hydroxyl groups excluding tert-OH is 1. The third-order valence-electron chi connectivity index (χ3n) is 6.97. The number of rotatable bonds is 8. The second kappa shape index (κ2) is 12.4. The molecule has 0 amide bonds. The van der Waals surface area contributed by atoms with Gasteiger partial charge in [0.25, 0.3) is 0 Å². The monoisotopic (exact) mass is 613 g/mol. The summed E-state index contributed by atoms with van der Waals surface area (Å²) in [5.74, 6) is 1.04. The molecule has 3 atom stereocenters. The Bertz CT molecular complexity index is 1450. The Hall–Kier alpha value is -2.70. The number of likely N-dealkylation sites (N-methyl/N-ethyl adjacent to an activating group) is 1. The predicted molar refractivity (Wildman–Crippen MR) is 154 cm³/mol. The maximum absolute atomic E-state index is 12.9. The molecule has 7 nitrogen and oxygen atoms in total. The molecule has 1 fully saturated rings. The van der Waals surface area contributed by atoms with Gasteiger partial charge in [0, 0.05) is 36.3 Å². The van der Waals surface area contributed by atoms with Crippen molar-refractivity contribution in [3.63, 3.8) is 0 Å². The van der Waals surface area contributed by atoms with E-state index >= 15 is 0 Å². The molecular weight excluding hydrogens is 586 g/mol. The number of thiophene rings is 1. The third kappa shape index (κ3) is 6.77.